The molecular formula is C39H48F2N6O9. The number of ether oxygens (including phenoxy) is 2. The molecule has 56 heavy (non-hydrogen) atoms. The van der Waals surface area contributed by atoms with Gasteiger partial charge in [0, 0.05) is 25.8 Å². The summed E-state index contributed by atoms with van der Waals surface area (Å²) in [6, 6.07) is 6.30. The standard InChI is InChI=1S/C39H48F2N6O9/c1-7-10-29(45-34(50)27-19-28(54-23-27)21-44-32(48)16-17-33(49)47-24-39(40,41)20-31(47)42-6)35(51)46-30(11-8-9-18-43-37(53)56-38(3,4)5)36(52)55-22-26-14-12-25(2)13-15-26/h1,12-15,19,23,29-31H,8-11,16-18,20-22,24H2,2-5H3,(H,43,53)(H,44,48)(H,45,50)(H,46,51)/t29-,30-,31-/m0/s1. The Hall–Kier alpha value is -5.97. The topological polar surface area (TPSA) is 190 Å². The van der Waals surface area contributed by atoms with Gasteiger partial charge in [0.25, 0.3) is 11.8 Å². The second-order valence-corrected chi connectivity index (χ2v) is 14.3. The van der Waals surface area contributed by atoms with Crippen LogP contribution in [-0.4, -0.2) is 83.5 Å². The zero-order chi connectivity index (χ0) is 41.5. The number of carbonyl (C=O) groups excluding carboxylic acids is 6. The second-order valence-electron chi connectivity index (χ2n) is 14.3. The van der Waals surface area contributed by atoms with Crippen molar-refractivity contribution in [1.82, 2.24) is 26.2 Å². The smallest absolute Gasteiger partial charge is 0.407 e. The second kappa shape index (κ2) is 20.6. The van der Waals surface area contributed by atoms with E-state index in [1.807, 2.05) is 31.2 Å². The summed E-state index contributed by atoms with van der Waals surface area (Å²) in [4.78, 5) is 80.3. The Kier molecular flexibility index (Phi) is 16.4. The first-order chi connectivity index (χ1) is 26.4. The van der Waals surface area contributed by atoms with Crippen LogP contribution in [-0.2, 0) is 41.8 Å². The van der Waals surface area contributed by atoms with Crippen molar-refractivity contribution < 1.29 is 51.4 Å². The fourth-order valence-electron chi connectivity index (χ4n) is 5.40. The largest absolute Gasteiger partial charge is 0.467 e. The highest BCUT2D eigenvalue weighted by Crippen LogP contribution is 2.33. The number of alkyl carbamates (subject to hydrolysis) is 1. The van der Waals surface area contributed by atoms with Gasteiger partial charge < -0.3 is 35.2 Å². The van der Waals surface area contributed by atoms with E-state index in [2.05, 4.69) is 32.0 Å². The average molecular weight is 783 g/mol. The molecule has 15 nitrogen and oxygen atoms in total. The molecule has 1 fully saturated rings. The summed E-state index contributed by atoms with van der Waals surface area (Å²) >= 11 is 0. The minimum absolute atomic E-state index is 0.00839. The molecule has 0 radical (unpaired) electrons. The molecule has 1 aliphatic heterocycles. The number of benzene rings is 1. The molecule has 0 spiro atoms. The van der Waals surface area contributed by atoms with Crippen LogP contribution in [0.15, 0.2) is 41.0 Å². The normalized spacial score (nSPS) is 15.6. The van der Waals surface area contributed by atoms with E-state index in [1.54, 1.807) is 20.8 Å². The molecule has 3 rings (SSSR count). The molecule has 3 atom stereocenters. The maximum absolute atomic E-state index is 13.7. The van der Waals surface area contributed by atoms with E-state index in [1.165, 1.54) is 6.07 Å². The highest BCUT2D eigenvalue weighted by Gasteiger charge is 2.50. The number of hydrogen-bond acceptors (Lipinski definition) is 9. The monoisotopic (exact) mass is 782 g/mol. The van der Waals surface area contributed by atoms with Gasteiger partial charge >= 0.3 is 18.2 Å². The zero-order valence-electron chi connectivity index (χ0n) is 31.9. The molecule has 1 aromatic heterocycles. The van der Waals surface area contributed by atoms with Crippen LogP contribution in [0.1, 0.15) is 93.0 Å². The van der Waals surface area contributed by atoms with Gasteiger partial charge in [0.15, 0.2) is 0 Å². The summed E-state index contributed by atoms with van der Waals surface area (Å²) in [5, 5.41) is 10.3. The third-order valence-corrected chi connectivity index (χ3v) is 8.29. The van der Waals surface area contributed by atoms with E-state index < -0.39 is 78.4 Å². The number of terminal acetylenes is 1. The number of amides is 5. The van der Waals surface area contributed by atoms with Crippen LogP contribution in [0.4, 0.5) is 13.6 Å². The molecule has 0 bridgehead atoms. The summed E-state index contributed by atoms with van der Waals surface area (Å²) in [6.45, 7) is 13.4. The molecule has 302 valence electrons. The first-order valence-corrected chi connectivity index (χ1v) is 18.0. The molecule has 2 aromatic rings. The summed E-state index contributed by atoms with van der Waals surface area (Å²) in [5.74, 6) is -4.20. The molecule has 2 heterocycles. The lowest BCUT2D eigenvalue weighted by Crippen LogP contribution is -2.51. The number of nitrogens with one attached hydrogen (secondary N) is 4. The molecule has 5 amide bonds. The van der Waals surface area contributed by atoms with E-state index >= 15 is 0 Å². The summed E-state index contributed by atoms with van der Waals surface area (Å²) in [7, 11) is 0. The number of furan rings is 1. The van der Waals surface area contributed by atoms with Crippen LogP contribution < -0.4 is 21.3 Å². The molecule has 1 saturated heterocycles. The van der Waals surface area contributed by atoms with Gasteiger partial charge in [0.05, 0.1) is 18.7 Å². The molecule has 0 saturated carbocycles. The molecule has 0 aliphatic carbocycles. The van der Waals surface area contributed by atoms with Gasteiger partial charge in [-0.25, -0.2) is 24.9 Å². The van der Waals surface area contributed by atoms with E-state index in [0.717, 1.165) is 22.3 Å². The van der Waals surface area contributed by atoms with Crippen molar-refractivity contribution >= 4 is 35.7 Å². The average Bonchev–Trinajstić information content (AvgIpc) is 3.74. The van der Waals surface area contributed by atoms with Gasteiger partial charge in [0.2, 0.25) is 17.7 Å². The number of nitrogens with zero attached hydrogens (tertiary/aromatic N) is 2. The van der Waals surface area contributed by atoms with E-state index in [0.29, 0.717) is 12.8 Å². The van der Waals surface area contributed by atoms with E-state index in [-0.39, 0.29) is 56.7 Å². The van der Waals surface area contributed by atoms with Gasteiger partial charge in [-0.2, -0.15) is 0 Å². The fourth-order valence-corrected chi connectivity index (χ4v) is 5.40. The number of esters is 1. The van der Waals surface area contributed by atoms with Crippen LogP contribution in [0, 0.1) is 25.8 Å². The number of unbranched alkanes of at least 4 members (excludes halogenated alkanes) is 1. The summed E-state index contributed by atoms with van der Waals surface area (Å²) in [6.07, 6.45) is 4.04. The summed E-state index contributed by atoms with van der Waals surface area (Å²) < 4.78 is 43.4. The van der Waals surface area contributed by atoms with Gasteiger partial charge in [-0.05, 0) is 58.6 Å². The molecule has 0 unspecified atom stereocenters. The first-order valence-electron chi connectivity index (χ1n) is 18.0. The van der Waals surface area contributed by atoms with Crippen LogP contribution in [0.5, 0.6) is 0 Å². The van der Waals surface area contributed by atoms with Crippen molar-refractivity contribution in [2.24, 2.45) is 0 Å². The van der Waals surface area contributed by atoms with Gasteiger partial charge in [-0.15, -0.1) is 12.3 Å². The molecule has 17 heteroatoms. The number of likely N-dealkylation sites (tertiary alicyclic amines) is 1. The van der Waals surface area contributed by atoms with Crippen molar-refractivity contribution in [2.75, 3.05) is 13.1 Å². The molecule has 1 aliphatic rings. The van der Waals surface area contributed by atoms with Crippen molar-refractivity contribution in [3.8, 4) is 12.3 Å². The summed E-state index contributed by atoms with van der Waals surface area (Å²) in [5.41, 5.74) is 1.09. The third kappa shape index (κ3) is 15.0. The number of aryl methyl sites for hydroxylation is 1. The van der Waals surface area contributed by atoms with Gasteiger partial charge in [0.1, 0.15) is 42.7 Å². The number of alkyl halides is 2. The highest BCUT2D eigenvalue weighted by atomic mass is 19.3. The molecular weight excluding hydrogens is 734 g/mol. The molecule has 4 N–H and O–H groups in total. The Labute approximate surface area is 324 Å². The number of rotatable bonds is 18. The Morgan fingerprint density at radius 2 is 1.79 bits per heavy atom. The highest BCUT2D eigenvalue weighted by molar-refractivity contribution is 5.98. The van der Waals surface area contributed by atoms with E-state index in [4.69, 9.17) is 26.9 Å². The van der Waals surface area contributed by atoms with Crippen LogP contribution in [0.2, 0.25) is 0 Å². The lowest BCUT2D eigenvalue weighted by molar-refractivity contribution is -0.149. The third-order valence-electron chi connectivity index (χ3n) is 8.29. The number of carbonyl (C=O) groups is 6. The van der Waals surface area contributed by atoms with E-state index in [9.17, 15) is 37.5 Å². The van der Waals surface area contributed by atoms with Crippen LogP contribution in [0.25, 0.3) is 4.85 Å². The van der Waals surface area contributed by atoms with Gasteiger partial charge in [-0.3, -0.25) is 28.9 Å². The Balaban J connectivity index is 1.55. The predicted molar refractivity (Wildman–Crippen MR) is 197 cm³/mol. The SMILES string of the molecule is [C-]#[N+][C@@H]1CC(F)(F)CN1C(=O)CCC(=O)NCc1cc(C(=O)N[C@@H](CC#C)C(=O)N[C@@H](CCCCNC(=O)OC(C)(C)C)C(=O)OCc2ccc(C)cc2)co1. The number of hydrogen-bond donors (Lipinski definition) is 4. The van der Waals surface area contributed by atoms with Crippen LogP contribution >= 0.6 is 0 Å². The van der Waals surface area contributed by atoms with Crippen molar-refractivity contribution in [2.45, 2.75) is 116 Å². The molecule has 1 aromatic carbocycles. The Morgan fingerprint density at radius 1 is 1.07 bits per heavy atom. The van der Waals surface area contributed by atoms with Crippen molar-refractivity contribution in [3.05, 3.63) is 70.5 Å². The minimum Gasteiger partial charge on any atom is -0.467 e. The zero-order valence-corrected chi connectivity index (χ0v) is 31.9. The fraction of sp³-hybridized carbons (Fsp3) is 0.513. The number of halogens is 2. The maximum atomic E-state index is 13.7. The van der Waals surface area contributed by atoms with Crippen molar-refractivity contribution in [3.63, 3.8) is 0 Å². The van der Waals surface area contributed by atoms with Crippen molar-refractivity contribution in [1.29, 1.82) is 0 Å². The minimum atomic E-state index is -3.16. The first kappa shape index (κ1) is 44.4. The lowest BCUT2D eigenvalue weighted by atomic mass is 10.1. The predicted octanol–water partition coefficient (Wildman–Crippen LogP) is 4.14. The Bertz CT molecular complexity index is 1790. The quantitative estimate of drug-likeness (QED) is 0.0746. The van der Waals surface area contributed by atoms with Crippen LogP contribution in [0.3, 0.4) is 0 Å². The Morgan fingerprint density at radius 3 is 2.45 bits per heavy atom. The van der Waals surface area contributed by atoms with Gasteiger partial charge in [-0.1, -0.05) is 29.8 Å². The lowest BCUT2D eigenvalue weighted by Gasteiger charge is -2.22. The maximum Gasteiger partial charge on any atom is 0.407 e.